The zero-order valence-electron chi connectivity index (χ0n) is 21.1. The number of aromatic nitrogens is 1. The molecule has 1 amide bonds. The Hall–Kier alpha value is -3.01. The Labute approximate surface area is 235 Å². The third-order valence-corrected chi connectivity index (χ3v) is 8.39. The molecule has 0 bridgehead atoms. The molecule has 0 saturated carbocycles. The number of amides is 1. The van der Waals surface area contributed by atoms with Crippen LogP contribution in [0.4, 0.5) is 19.0 Å². The van der Waals surface area contributed by atoms with Crippen LogP contribution in [0.25, 0.3) is 6.08 Å². The Morgan fingerprint density at radius 3 is 2.49 bits per heavy atom. The molecule has 0 radical (unpaired) electrons. The quantitative estimate of drug-likeness (QED) is 0.299. The molecule has 0 N–H and O–H groups in total. The van der Waals surface area contributed by atoms with Crippen LogP contribution in [-0.2, 0) is 11.0 Å². The number of pyridine rings is 1. The van der Waals surface area contributed by atoms with Crippen molar-refractivity contribution in [2.45, 2.75) is 18.0 Å². The van der Waals surface area contributed by atoms with Crippen molar-refractivity contribution >= 4 is 41.2 Å². The van der Waals surface area contributed by atoms with Crippen LogP contribution in [0.3, 0.4) is 0 Å². The van der Waals surface area contributed by atoms with Crippen molar-refractivity contribution in [1.82, 2.24) is 14.8 Å². The molecule has 5 nitrogen and oxygen atoms in total. The lowest BCUT2D eigenvalue weighted by atomic mass is 10.1. The Kier molecular flexibility index (Phi) is 8.49. The van der Waals surface area contributed by atoms with E-state index in [1.807, 2.05) is 36.4 Å². The number of thioether (sulfide) groups is 1. The summed E-state index contributed by atoms with van der Waals surface area (Å²) in [7, 11) is 0. The topological polar surface area (TPSA) is 39.7 Å². The maximum atomic E-state index is 13.5. The van der Waals surface area contributed by atoms with Crippen molar-refractivity contribution < 1.29 is 18.0 Å². The van der Waals surface area contributed by atoms with Gasteiger partial charge in [-0.15, -0.1) is 0 Å². The highest BCUT2D eigenvalue weighted by Gasteiger charge is 2.37. The lowest BCUT2D eigenvalue weighted by molar-refractivity contribution is -0.137. The average molecular weight is 573 g/mol. The van der Waals surface area contributed by atoms with Crippen molar-refractivity contribution in [1.29, 1.82) is 0 Å². The van der Waals surface area contributed by atoms with Gasteiger partial charge in [0.2, 0.25) is 0 Å². The molecule has 10 heteroatoms. The van der Waals surface area contributed by atoms with E-state index < -0.39 is 11.7 Å². The summed E-state index contributed by atoms with van der Waals surface area (Å²) in [6.45, 7) is 4.99. The molecule has 5 rings (SSSR count). The number of hydrogen-bond acceptors (Lipinski definition) is 5. The number of nitrogens with zero attached hydrogens (tertiary/aromatic N) is 4. The van der Waals surface area contributed by atoms with Crippen LogP contribution in [0, 0.1) is 0 Å². The predicted molar refractivity (Wildman–Crippen MR) is 150 cm³/mol. The van der Waals surface area contributed by atoms with Gasteiger partial charge in [-0.2, -0.15) is 13.2 Å². The van der Waals surface area contributed by atoms with Crippen molar-refractivity contribution in [3.63, 3.8) is 0 Å². The van der Waals surface area contributed by atoms with Gasteiger partial charge in [0, 0.05) is 43.9 Å². The average Bonchev–Trinajstić information content (AvgIpc) is 3.24. The van der Waals surface area contributed by atoms with Crippen molar-refractivity contribution in [3.05, 3.63) is 99.5 Å². The molecule has 2 aliphatic rings. The minimum atomic E-state index is -4.44. The van der Waals surface area contributed by atoms with Gasteiger partial charge in [0.1, 0.15) is 11.2 Å². The van der Waals surface area contributed by atoms with E-state index in [1.165, 1.54) is 17.8 Å². The van der Waals surface area contributed by atoms with E-state index in [-0.39, 0.29) is 11.3 Å². The molecule has 39 heavy (non-hydrogen) atoms. The number of carbonyl (C=O) groups is 1. The van der Waals surface area contributed by atoms with E-state index in [2.05, 4.69) is 14.8 Å². The smallest absolute Gasteiger partial charge is 0.354 e. The van der Waals surface area contributed by atoms with E-state index in [4.69, 9.17) is 11.6 Å². The van der Waals surface area contributed by atoms with E-state index in [1.54, 1.807) is 29.3 Å². The van der Waals surface area contributed by atoms with Gasteiger partial charge in [-0.3, -0.25) is 9.69 Å². The molecule has 3 aromatic rings. The third-order valence-electron chi connectivity index (χ3n) is 6.86. The molecule has 2 aliphatic heterocycles. The van der Waals surface area contributed by atoms with Crippen LogP contribution >= 0.6 is 23.4 Å². The highest BCUT2D eigenvalue weighted by Crippen LogP contribution is 2.46. The number of piperazine rings is 1. The molecule has 1 aromatic heterocycles. The van der Waals surface area contributed by atoms with Gasteiger partial charge in [-0.1, -0.05) is 53.7 Å². The normalized spacial score (nSPS) is 19.7. The molecule has 1 atom stereocenters. The second-order valence-corrected chi connectivity index (χ2v) is 11.1. The minimum Gasteiger partial charge on any atom is -0.354 e. The first-order chi connectivity index (χ1) is 18.8. The third kappa shape index (κ3) is 6.77. The summed E-state index contributed by atoms with van der Waals surface area (Å²) in [5.41, 5.74) is 0.495. The summed E-state index contributed by atoms with van der Waals surface area (Å²) in [6, 6.07) is 18.4. The Morgan fingerprint density at radius 2 is 1.77 bits per heavy atom. The van der Waals surface area contributed by atoms with Crippen LogP contribution in [0.2, 0.25) is 5.02 Å². The minimum absolute atomic E-state index is 0.178. The second-order valence-electron chi connectivity index (χ2n) is 9.53. The van der Waals surface area contributed by atoms with Gasteiger partial charge < -0.3 is 9.80 Å². The van der Waals surface area contributed by atoms with Gasteiger partial charge in [0.05, 0.1) is 10.5 Å². The first-order valence-electron chi connectivity index (χ1n) is 12.8. The molecule has 1 unspecified atom stereocenters. The molecule has 0 aliphatic carbocycles. The van der Waals surface area contributed by atoms with E-state index >= 15 is 0 Å². The molecular weight excluding hydrogens is 545 g/mol. The Bertz CT molecular complexity index is 1330. The molecule has 2 saturated heterocycles. The largest absolute Gasteiger partial charge is 0.416 e. The van der Waals surface area contributed by atoms with Crippen LogP contribution in [-0.4, -0.2) is 60.0 Å². The van der Waals surface area contributed by atoms with Gasteiger partial charge in [-0.25, -0.2) is 4.98 Å². The molecule has 3 heterocycles. The van der Waals surface area contributed by atoms with Crippen molar-refractivity contribution in [3.8, 4) is 0 Å². The highest BCUT2D eigenvalue weighted by molar-refractivity contribution is 8.04. The molecule has 2 aromatic carbocycles. The number of rotatable bonds is 7. The highest BCUT2D eigenvalue weighted by atomic mass is 35.5. The molecule has 204 valence electrons. The molecule has 0 spiro atoms. The van der Waals surface area contributed by atoms with Crippen molar-refractivity contribution in [2.75, 3.05) is 44.2 Å². The van der Waals surface area contributed by atoms with Gasteiger partial charge in [-0.05, 0) is 66.6 Å². The number of alkyl halides is 3. The van der Waals surface area contributed by atoms with Crippen LogP contribution in [0.15, 0.2) is 77.8 Å². The summed E-state index contributed by atoms with van der Waals surface area (Å²) in [5.74, 6) is 0.809. The van der Waals surface area contributed by atoms with Crippen molar-refractivity contribution in [2.24, 2.45) is 0 Å². The monoisotopic (exact) mass is 572 g/mol. The summed E-state index contributed by atoms with van der Waals surface area (Å²) in [4.78, 5) is 24.8. The van der Waals surface area contributed by atoms with Gasteiger partial charge in [0.25, 0.3) is 5.91 Å². The maximum absolute atomic E-state index is 13.5. The fourth-order valence-electron chi connectivity index (χ4n) is 4.87. The second kappa shape index (κ2) is 12.0. The summed E-state index contributed by atoms with van der Waals surface area (Å²) >= 11 is 7.60. The van der Waals surface area contributed by atoms with Gasteiger partial charge in [0.15, 0.2) is 0 Å². The fourth-order valence-corrected chi connectivity index (χ4v) is 6.34. The lowest BCUT2D eigenvalue weighted by Crippen LogP contribution is -2.47. The number of anilines is 1. The Morgan fingerprint density at radius 1 is 0.974 bits per heavy atom. The van der Waals surface area contributed by atoms with Crippen LogP contribution in [0.1, 0.15) is 28.5 Å². The number of halogens is 4. The first kappa shape index (κ1) is 27.6. The van der Waals surface area contributed by atoms with E-state index in [9.17, 15) is 18.0 Å². The molecule has 2 fully saturated rings. The van der Waals surface area contributed by atoms with Gasteiger partial charge >= 0.3 is 6.18 Å². The standard InChI is InChI=1S/C29H28ClF3N4OS/c30-24-9-4-7-22(20-24)28-37(13-5-12-35-14-16-36(17-15-35)26-10-1-2-11-34-26)27(38)25(39-28)19-21-6-3-8-23(18-21)29(31,32)33/h1-4,6-11,18-20,28H,5,12-17H2/b25-19+. The number of hydrogen-bond donors (Lipinski definition) is 0. The fraction of sp³-hybridized carbons (Fsp3) is 0.310. The Balaban J connectivity index is 1.26. The zero-order chi connectivity index (χ0) is 27.4. The number of benzene rings is 2. The van der Waals surface area contributed by atoms with E-state index in [0.717, 1.165) is 62.7 Å². The van der Waals surface area contributed by atoms with Crippen LogP contribution in [0.5, 0.6) is 0 Å². The SMILES string of the molecule is O=C1/C(=C\c2cccc(C(F)(F)F)c2)SC(c2cccc(Cl)c2)N1CCCN1CCN(c2ccccn2)CC1. The predicted octanol–water partition coefficient (Wildman–Crippen LogP) is 6.58. The summed E-state index contributed by atoms with van der Waals surface area (Å²) in [6.07, 6.45) is -0.306. The zero-order valence-corrected chi connectivity index (χ0v) is 22.7. The van der Waals surface area contributed by atoms with E-state index in [0.29, 0.717) is 22.0 Å². The lowest BCUT2D eigenvalue weighted by Gasteiger charge is -2.35. The summed E-state index contributed by atoms with van der Waals surface area (Å²) < 4.78 is 39.7. The van der Waals surface area contributed by atoms with Crippen LogP contribution < -0.4 is 4.90 Å². The summed E-state index contributed by atoms with van der Waals surface area (Å²) in [5, 5.41) is 0.274. The molecular formula is C29H28ClF3N4OS. The first-order valence-corrected chi connectivity index (χ1v) is 14.0. The number of carbonyl (C=O) groups excluding carboxylic acids is 1. The maximum Gasteiger partial charge on any atom is 0.416 e.